The maximum absolute atomic E-state index is 6.23. The van der Waals surface area contributed by atoms with E-state index in [1.807, 2.05) is 19.1 Å². The minimum Gasteiger partial charge on any atom is -0.310 e. The van der Waals surface area contributed by atoms with Crippen molar-refractivity contribution in [2.24, 2.45) is 0 Å². The third-order valence-electron chi connectivity index (χ3n) is 2.89. The molecule has 0 saturated carbocycles. The van der Waals surface area contributed by atoms with Crippen molar-refractivity contribution in [3.05, 3.63) is 38.8 Å². The monoisotopic (exact) mass is 314 g/mol. The zero-order chi connectivity index (χ0) is 14.0. The van der Waals surface area contributed by atoms with E-state index in [1.165, 1.54) is 4.88 Å². The van der Waals surface area contributed by atoms with Gasteiger partial charge in [0.05, 0.1) is 10.7 Å². The Morgan fingerprint density at radius 1 is 1.37 bits per heavy atom. The number of nitrogens with zero attached hydrogens (tertiary/aromatic N) is 1. The number of thiazole rings is 1. The lowest BCUT2D eigenvalue weighted by Crippen LogP contribution is -2.17. The molecule has 0 fully saturated rings. The van der Waals surface area contributed by atoms with E-state index in [-0.39, 0.29) is 0 Å². The highest BCUT2D eigenvalue weighted by molar-refractivity contribution is 7.15. The molecule has 0 saturated heterocycles. The van der Waals surface area contributed by atoms with Crippen molar-refractivity contribution >= 4 is 34.5 Å². The van der Waals surface area contributed by atoms with Gasteiger partial charge in [-0.25, -0.2) is 4.98 Å². The molecule has 1 atom stereocenters. The quantitative estimate of drug-likeness (QED) is 0.849. The summed E-state index contributed by atoms with van der Waals surface area (Å²) in [6.45, 7) is 7.21. The van der Waals surface area contributed by atoms with E-state index in [0.717, 1.165) is 22.8 Å². The number of benzene rings is 1. The van der Waals surface area contributed by atoms with E-state index < -0.39 is 0 Å². The summed E-state index contributed by atoms with van der Waals surface area (Å²) in [7, 11) is 0. The van der Waals surface area contributed by atoms with Gasteiger partial charge in [0.15, 0.2) is 0 Å². The topological polar surface area (TPSA) is 24.9 Å². The maximum Gasteiger partial charge on any atom is 0.125 e. The van der Waals surface area contributed by atoms with Gasteiger partial charge in [0.25, 0.3) is 0 Å². The molecule has 5 heteroatoms. The van der Waals surface area contributed by atoms with Crippen LogP contribution in [0, 0.1) is 6.92 Å². The van der Waals surface area contributed by atoms with Gasteiger partial charge in [-0.2, -0.15) is 0 Å². The summed E-state index contributed by atoms with van der Waals surface area (Å²) in [5, 5.41) is 5.68. The van der Waals surface area contributed by atoms with E-state index in [1.54, 1.807) is 17.4 Å². The number of rotatable bonds is 4. The van der Waals surface area contributed by atoms with Crippen LogP contribution in [0.15, 0.2) is 18.2 Å². The first-order valence-corrected chi connectivity index (χ1v) is 7.76. The Hall–Kier alpha value is -0.610. The van der Waals surface area contributed by atoms with Crippen LogP contribution in [0.2, 0.25) is 10.0 Å². The molecule has 0 bridgehead atoms. The Bertz CT molecular complexity index is 581. The van der Waals surface area contributed by atoms with Crippen molar-refractivity contribution in [1.29, 1.82) is 0 Å². The van der Waals surface area contributed by atoms with Gasteiger partial charge in [-0.15, -0.1) is 11.3 Å². The lowest BCUT2D eigenvalue weighted by Gasteiger charge is -2.09. The summed E-state index contributed by atoms with van der Waals surface area (Å²) >= 11 is 13.9. The molecule has 102 valence electrons. The zero-order valence-corrected chi connectivity index (χ0v) is 13.5. The summed E-state index contributed by atoms with van der Waals surface area (Å²) in [4.78, 5) is 5.86. The number of hydrogen-bond donors (Lipinski definition) is 1. The van der Waals surface area contributed by atoms with Crippen molar-refractivity contribution in [1.82, 2.24) is 10.3 Å². The zero-order valence-electron chi connectivity index (χ0n) is 11.1. The third-order valence-corrected chi connectivity index (χ3v) is 4.83. The van der Waals surface area contributed by atoms with E-state index >= 15 is 0 Å². The first-order valence-electron chi connectivity index (χ1n) is 6.19. The molecule has 0 aliphatic rings. The molecule has 0 aliphatic carbocycles. The summed E-state index contributed by atoms with van der Waals surface area (Å²) in [6, 6.07) is 5.76. The van der Waals surface area contributed by atoms with E-state index in [2.05, 4.69) is 24.1 Å². The summed E-state index contributed by atoms with van der Waals surface area (Å²) in [6.07, 6.45) is 0. The van der Waals surface area contributed by atoms with Crippen LogP contribution in [0.25, 0.3) is 10.6 Å². The minimum atomic E-state index is 0.300. The molecule has 1 aromatic heterocycles. The van der Waals surface area contributed by atoms with Crippen molar-refractivity contribution < 1.29 is 0 Å². The second kappa shape index (κ2) is 6.23. The number of nitrogens with one attached hydrogen (secondary N) is 1. The van der Waals surface area contributed by atoms with Crippen LogP contribution in [-0.4, -0.2) is 11.5 Å². The summed E-state index contributed by atoms with van der Waals surface area (Å²) in [5.74, 6) is 0. The van der Waals surface area contributed by atoms with Gasteiger partial charge in [0.2, 0.25) is 0 Å². The smallest absolute Gasteiger partial charge is 0.125 e. The fourth-order valence-electron chi connectivity index (χ4n) is 1.99. The lowest BCUT2D eigenvalue weighted by molar-refractivity contribution is 0.603. The van der Waals surface area contributed by atoms with E-state index in [9.17, 15) is 0 Å². The van der Waals surface area contributed by atoms with Crippen molar-refractivity contribution in [3.8, 4) is 10.6 Å². The molecule has 1 aromatic carbocycles. The van der Waals surface area contributed by atoms with E-state index in [4.69, 9.17) is 23.2 Å². The van der Waals surface area contributed by atoms with Gasteiger partial charge in [0, 0.05) is 21.5 Å². The number of hydrogen-bond acceptors (Lipinski definition) is 3. The predicted octanol–water partition coefficient (Wildman–Crippen LogP) is 5.10. The average molecular weight is 315 g/mol. The standard InChI is InChI=1S/C14H16Cl2N2S/c1-4-17-8(2)13-9(3)18-14(19-13)11-7-10(15)5-6-12(11)16/h5-8,17H,4H2,1-3H3. The Kier molecular flexibility index (Phi) is 4.85. The number of aryl methyl sites for hydroxylation is 1. The maximum atomic E-state index is 6.23. The molecule has 2 rings (SSSR count). The van der Waals surface area contributed by atoms with Crippen LogP contribution < -0.4 is 5.32 Å². The summed E-state index contributed by atoms with van der Waals surface area (Å²) < 4.78 is 0. The van der Waals surface area contributed by atoms with Crippen LogP contribution in [0.3, 0.4) is 0 Å². The van der Waals surface area contributed by atoms with Crippen LogP contribution >= 0.6 is 34.5 Å². The molecule has 2 aromatic rings. The van der Waals surface area contributed by atoms with Crippen molar-refractivity contribution in [3.63, 3.8) is 0 Å². The molecule has 0 spiro atoms. The molecule has 1 heterocycles. The first kappa shape index (κ1) is 14.8. The molecular formula is C14H16Cl2N2S. The fourth-order valence-corrected chi connectivity index (χ4v) is 3.54. The highest BCUT2D eigenvalue weighted by Gasteiger charge is 2.16. The second-order valence-electron chi connectivity index (χ2n) is 4.37. The van der Waals surface area contributed by atoms with Crippen LogP contribution in [0.4, 0.5) is 0 Å². The largest absolute Gasteiger partial charge is 0.310 e. The van der Waals surface area contributed by atoms with Crippen molar-refractivity contribution in [2.45, 2.75) is 26.8 Å². The van der Waals surface area contributed by atoms with Crippen LogP contribution in [-0.2, 0) is 0 Å². The SMILES string of the molecule is CCNC(C)c1sc(-c2cc(Cl)ccc2Cl)nc1C. The Balaban J connectivity index is 2.41. The molecular weight excluding hydrogens is 299 g/mol. The molecule has 1 unspecified atom stereocenters. The highest BCUT2D eigenvalue weighted by Crippen LogP contribution is 2.36. The Morgan fingerprint density at radius 3 is 2.79 bits per heavy atom. The van der Waals surface area contributed by atoms with Crippen LogP contribution in [0.5, 0.6) is 0 Å². The Morgan fingerprint density at radius 2 is 2.11 bits per heavy atom. The summed E-state index contributed by atoms with van der Waals surface area (Å²) in [5.41, 5.74) is 1.95. The van der Waals surface area contributed by atoms with Gasteiger partial charge in [-0.05, 0) is 38.6 Å². The predicted molar refractivity (Wildman–Crippen MR) is 84.4 cm³/mol. The number of halogens is 2. The third kappa shape index (κ3) is 3.29. The van der Waals surface area contributed by atoms with Gasteiger partial charge < -0.3 is 5.32 Å². The highest BCUT2D eigenvalue weighted by atomic mass is 35.5. The lowest BCUT2D eigenvalue weighted by atomic mass is 10.2. The van der Waals surface area contributed by atoms with Gasteiger partial charge >= 0.3 is 0 Å². The van der Waals surface area contributed by atoms with E-state index in [0.29, 0.717) is 16.1 Å². The fraction of sp³-hybridized carbons (Fsp3) is 0.357. The minimum absolute atomic E-state index is 0.300. The van der Waals surface area contributed by atoms with Gasteiger partial charge in [-0.3, -0.25) is 0 Å². The molecule has 0 aliphatic heterocycles. The average Bonchev–Trinajstić information content (AvgIpc) is 2.74. The molecule has 0 amide bonds. The molecule has 1 N–H and O–H groups in total. The van der Waals surface area contributed by atoms with Crippen LogP contribution in [0.1, 0.15) is 30.5 Å². The number of aromatic nitrogens is 1. The van der Waals surface area contributed by atoms with Gasteiger partial charge in [-0.1, -0.05) is 30.1 Å². The molecule has 19 heavy (non-hydrogen) atoms. The molecule has 0 radical (unpaired) electrons. The molecule has 2 nitrogen and oxygen atoms in total. The Labute approximate surface area is 127 Å². The second-order valence-corrected chi connectivity index (χ2v) is 6.25. The first-order chi connectivity index (χ1) is 9.02. The normalized spacial score (nSPS) is 12.7. The van der Waals surface area contributed by atoms with Gasteiger partial charge in [0.1, 0.15) is 5.01 Å². The van der Waals surface area contributed by atoms with Crippen molar-refractivity contribution in [2.75, 3.05) is 6.54 Å².